The number of para-hydroxylation sites is 1. The van der Waals surface area contributed by atoms with Gasteiger partial charge in [-0.3, -0.25) is 4.79 Å². The van der Waals surface area contributed by atoms with Crippen molar-refractivity contribution in [2.45, 2.75) is 26.9 Å². The Morgan fingerprint density at radius 1 is 1.17 bits per heavy atom. The number of hydrogen-bond acceptors (Lipinski definition) is 4. The van der Waals surface area contributed by atoms with Crippen LogP contribution in [0.25, 0.3) is 0 Å². The van der Waals surface area contributed by atoms with E-state index in [1.54, 1.807) is 30.3 Å². The molecule has 24 heavy (non-hydrogen) atoms. The number of nitrogens with one attached hydrogen (secondary N) is 1. The fourth-order valence-electron chi connectivity index (χ4n) is 2.24. The Hall–Kier alpha value is -3.13. The summed E-state index contributed by atoms with van der Waals surface area (Å²) in [5.41, 5.74) is 3.00. The highest BCUT2D eigenvalue weighted by atomic mass is 16.5. The zero-order valence-electron chi connectivity index (χ0n) is 13.8. The van der Waals surface area contributed by atoms with Gasteiger partial charge >= 0.3 is 5.97 Å². The predicted octanol–water partition coefficient (Wildman–Crippen LogP) is 3.36. The number of amides is 1. The number of esters is 1. The zero-order valence-corrected chi connectivity index (χ0v) is 13.8. The number of nitriles is 1. The Morgan fingerprint density at radius 2 is 1.88 bits per heavy atom. The third kappa shape index (κ3) is 3.99. The third-order valence-corrected chi connectivity index (χ3v) is 3.56. The van der Waals surface area contributed by atoms with E-state index >= 15 is 0 Å². The Labute approximate surface area is 140 Å². The highest BCUT2D eigenvalue weighted by Gasteiger charge is 2.20. The van der Waals surface area contributed by atoms with Gasteiger partial charge in [0, 0.05) is 0 Å². The van der Waals surface area contributed by atoms with Crippen LogP contribution in [0, 0.1) is 25.2 Å². The standard InChI is InChI=1S/C19H18N2O3/c1-12-8-9-16(13(2)10-12)19(23)24-14(3)18(22)21-17-7-5-4-6-15(17)11-20/h4-10,14H,1-3H3,(H,21,22)/t14-/m0/s1. The average Bonchev–Trinajstić information content (AvgIpc) is 2.55. The number of aryl methyl sites for hydroxylation is 2. The van der Waals surface area contributed by atoms with Crippen LogP contribution in [0.4, 0.5) is 5.69 Å². The molecule has 0 unspecified atom stereocenters. The molecule has 0 saturated carbocycles. The van der Waals surface area contributed by atoms with E-state index in [9.17, 15) is 9.59 Å². The van der Waals surface area contributed by atoms with Crippen molar-refractivity contribution in [3.63, 3.8) is 0 Å². The van der Waals surface area contributed by atoms with Gasteiger partial charge < -0.3 is 10.1 Å². The van der Waals surface area contributed by atoms with E-state index in [1.165, 1.54) is 6.92 Å². The molecule has 2 rings (SSSR count). The molecule has 0 spiro atoms. The highest BCUT2D eigenvalue weighted by Crippen LogP contribution is 2.16. The molecule has 0 heterocycles. The van der Waals surface area contributed by atoms with E-state index in [1.807, 2.05) is 32.0 Å². The van der Waals surface area contributed by atoms with Gasteiger partial charge in [-0.25, -0.2) is 4.79 Å². The highest BCUT2D eigenvalue weighted by molar-refractivity contribution is 5.98. The molecule has 2 aromatic carbocycles. The molecular weight excluding hydrogens is 304 g/mol. The third-order valence-electron chi connectivity index (χ3n) is 3.56. The summed E-state index contributed by atoms with van der Waals surface area (Å²) in [6, 6.07) is 14.0. The normalized spacial score (nSPS) is 11.2. The van der Waals surface area contributed by atoms with Crippen molar-refractivity contribution in [1.82, 2.24) is 0 Å². The van der Waals surface area contributed by atoms with Gasteiger partial charge in [-0.1, -0.05) is 29.8 Å². The first-order chi connectivity index (χ1) is 11.4. The lowest BCUT2D eigenvalue weighted by Gasteiger charge is -2.15. The predicted molar refractivity (Wildman–Crippen MR) is 90.6 cm³/mol. The Bertz CT molecular complexity index is 822. The van der Waals surface area contributed by atoms with Crippen molar-refractivity contribution in [3.8, 4) is 6.07 Å². The van der Waals surface area contributed by atoms with Gasteiger partial charge in [0.05, 0.1) is 16.8 Å². The lowest BCUT2D eigenvalue weighted by molar-refractivity contribution is -0.123. The van der Waals surface area contributed by atoms with Crippen LogP contribution in [0.15, 0.2) is 42.5 Å². The molecule has 0 aliphatic carbocycles. The molecule has 0 fully saturated rings. The van der Waals surface area contributed by atoms with E-state index < -0.39 is 18.0 Å². The molecule has 1 amide bonds. The van der Waals surface area contributed by atoms with Crippen molar-refractivity contribution < 1.29 is 14.3 Å². The minimum atomic E-state index is -0.982. The number of rotatable bonds is 4. The van der Waals surface area contributed by atoms with Crippen LogP contribution in [0.2, 0.25) is 0 Å². The van der Waals surface area contributed by atoms with Gasteiger partial charge in [-0.15, -0.1) is 0 Å². The van der Waals surface area contributed by atoms with Crippen LogP contribution in [-0.4, -0.2) is 18.0 Å². The molecule has 0 radical (unpaired) electrons. The largest absolute Gasteiger partial charge is 0.449 e. The number of ether oxygens (including phenoxy) is 1. The van der Waals surface area contributed by atoms with Crippen LogP contribution >= 0.6 is 0 Å². The number of carbonyl (C=O) groups is 2. The molecule has 2 aromatic rings. The van der Waals surface area contributed by atoms with E-state index in [0.717, 1.165) is 11.1 Å². The maximum Gasteiger partial charge on any atom is 0.339 e. The van der Waals surface area contributed by atoms with Crippen LogP contribution < -0.4 is 5.32 Å². The lowest BCUT2D eigenvalue weighted by Crippen LogP contribution is -2.30. The van der Waals surface area contributed by atoms with Gasteiger partial charge in [-0.2, -0.15) is 5.26 Å². The molecule has 0 saturated heterocycles. The smallest absolute Gasteiger partial charge is 0.339 e. The number of anilines is 1. The van der Waals surface area contributed by atoms with Crippen LogP contribution in [0.1, 0.15) is 34.0 Å². The number of hydrogen-bond donors (Lipinski definition) is 1. The summed E-state index contributed by atoms with van der Waals surface area (Å²) in [6.07, 6.45) is -0.982. The van der Waals surface area contributed by atoms with Gasteiger partial charge in [0.15, 0.2) is 6.10 Å². The molecule has 122 valence electrons. The summed E-state index contributed by atoms with van der Waals surface area (Å²) >= 11 is 0. The van der Waals surface area contributed by atoms with Crippen LogP contribution in [-0.2, 0) is 9.53 Å². The second-order valence-corrected chi connectivity index (χ2v) is 5.51. The molecule has 1 atom stereocenters. The van der Waals surface area contributed by atoms with Crippen molar-refractivity contribution in [3.05, 3.63) is 64.7 Å². The second kappa shape index (κ2) is 7.42. The zero-order chi connectivity index (χ0) is 17.7. The van der Waals surface area contributed by atoms with Crippen molar-refractivity contribution in [2.24, 2.45) is 0 Å². The summed E-state index contributed by atoms with van der Waals surface area (Å²) < 4.78 is 5.23. The Morgan fingerprint density at radius 3 is 2.54 bits per heavy atom. The van der Waals surface area contributed by atoms with Gasteiger partial charge in [0.1, 0.15) is 6.07 Å². The second-order valence-electron chi connectivity index (χ2n) is 5.51. The van der Waals surface area contributed by atoms with E-state index in [4.69, 9.17) is 10.00 Å². The molecular formula is C19H18N2O3. The molecule has 0 aliphatic rings. The number of carbonyl (C=O) groups excluding carboxylic acids is 2. The lowest BCUT2D eigenvalue weighted by atomic mass is 10.1. The minimum Gasteiger partial charge on any atom is -0.449 e. The van der Waals surface area contributed by atoms with Crippen molar-refractivity contribution >= 4 is 17.6 Å². The fraction of sp³-hybridized carbons (Fsp3) is 0.211. The maximum atomic E-state index is 12.2. The first-order valence-electron chi connectivity index (χ1n) is 7.50. The van der Waals surface area contributed by atoms with Crippen LogP contribution in [0.3, 0.4) is 0 Å². The molecule has 1 N–H and O–H groups in total. The maximum absolute atomic E-state index is 12.2. The molecule has 0 aliphatic heterocycles. The van der Waals surface area contributed by atoms with Gasteiger partial charge in [0.2, 0.25) is 0 Å². The van der Waals surface area contributed by atoms with Crippen LogP contribution in [0.5, 0.6) is 0 Å². The SMILES string of the molecule is Cc1ccc(C(=O)O[C@@H](C)C(=O)Nc2ccccc2C#N)c(C)c1. The van der Waals surface area contributed by atoms with E-state index in [2.05, 4.69) is 5.32 Å². The number of benzene rings is 2. The average molecular weight is 322 g/mol. The van der Waals surface area contributed by atoms with Gasteiger partial charge in [0.25, 0.3) is 5.91 Å². The first-order valence-corrected chi connectivity index (χ1v) is 7.50. The molecule has 0 bridgehead atoms. The summed E-state index contributed by atoms with van der Waals surface area (Å²) in [5, 5.41) is 11.6. The molecule has 5 heteroatoms. The Balaban J connectivity index is 2.06. The quantitative estimate of drug-likeness (QED) is 0.875. The van der Waals surface area contributed by atoms with Gasteiger partial charge in [-0.05, 0) is 44.5 Å². The monoisotopic (exact) mass is 322 g/mol. The summed E-state index contributed by atoms with van der Waals surface area (Å²) in [4.78, 5) is 24.4. The summed E-state index contributed by atoms with van der Waals surface area (Å²) in [6.45, 7) is 5.24. The minimum absolute atomic E-state index is 0.346. The topological polar surface area (TPSA) is 79.2 Å². The van der Waals surface area contributed by atoms with E-state index in [0.29, 0.717) is 16.8 Å². The molecule has 0 aromatic heterocycles. The van der Waals surface area contributed by atoms with Crippen molar-refractivity contribution in [2.75, 3.05) is 5.32 Å². The summed E-state index contributed by atoms with van der Waals surface area (Å²) in [5.74, 6) is -1.04. The first kappa shape index (κ1) is 17.2. The molecule has 5 nitrogen and oxygen atoms in total. The summed E-state index contributed by atoms with van der Waals surface area (Å²) in [7, 11) is 0. The fourth-order valence-corrected chi connectivity index (χ4v) is 2.24. The van der Waals surface area contributed by atoms with E-state index in [-0.39, 0.29) is 0 Å². The Kier molecular flexibility index (Phi) is 5.33. The van der Waals surface area contributed by atoms with Crippen molar-refractivity contribution in [1.29, 1.82) is 5.26 Å². The number of nitrogens with zero attached hydrogens (tertiary/aromatic N) is 1.